The lowest BCUT2D eigenvalue weighted by atomic mass is 10.1. The number of rotatable bonds is 6. The fourth-order valence-electron chi connectivity index (χ4n) is 2.06. The summed E-state index contributed by atoms with van der Waals surface area (Å²) in [6.07, 6.45) is 1.41. The van der Waals surface area contributed by atoms with Crippen molar-refractivity contribution in [3.05, 3.63) is 65.7 Å². The Kier molecular flexibility index (Phi) is 5.39. The largest absolute Gasteiger partial charge is 0.352 e. The maximum absolute atomic E-state index is 11.9. The number of nitrogens with zero attached hydrogens (tertiary/aromatic N) is 1. The van der Waals surface area contributed by atoms with Gasteiger partial charge in [0.25, 0.3) is 0 Å². The number of nitrogens with one attached hydrogen (secondary N) is 1. The SMILES string of the molecule is CN(c1ccc(CC(=O)NCc2ccccc2)cc1)S(C)(=O)=O. The molecule has 0 saturated heterocycles. The number of carbonyl (C=O) groups excluding carboxylic acids is 1. The van der Waals surface area contributed by atoms with Gasteiger partial charge in [-0.2, -0.15) is 0 Å². The van der Waals surface area contributed by atoms with Crippen molar-refractivity contribution >= 4 is 21.6 Å². The smallest absolute Gasteiger partial charge is 0.231 e. The van der Waals surface area contributed by atoms with E-state index in [0.29, 0.717) is 12.2 Å². The molecule has 23 heavy (non-hydrogen) atoms. The molecule has 0 atom stereocenters. The van der Waals surface area contributed by atoms with Crippen molar-refractivity contribution in [2.75, 3.05) is 17.6 Å². The lowest BCUT2D eigenvalue weighted by Gasteiger charge is -2.16. The summed E-state index contributed by atoms with van der Waals surface area (Å²) in [6, 6.07) is 16.6. The fraction of sp³-hybridized carbons (Fsp3) is 0.235. The second kappa shape index (κ2) is 7.28. The molecule has 0 heterocycles. The molecule has 6 heteroatoms. The van der Waals surface area contributed by atoms with Crippen LogP contribution < -0.4 is 9.62 Å². The van der Waals surface area contributed by atoms with Gasteiger partial charge in [0, 0.05) is 13.6 Å². The number of anilines is 1. The van der Waals surface area contributed by atoms with E-state index in [0.717, 1.165) is 17.4 Å². The summed E-state index contributed by atoms with van der Waals surface area (Å²) < 4.78 is 24.2. The van der Waals surface area contributed by atoms with Gasteiger partial charge in [0.15, 0.2) is 0 Å². The molecule has 1 N–H and O–H groups in total. The summed E-state index contributed by atoms with van der Waals surface area (Å²) in [5.74, 6) is -0.0712. The van der Waals surface area contributed by atoms with E-state index in [9.17, 15) is 13.2 Å². The molecule has 5 nitrogen and oxygen atoms in total. The van der Waals surface area contributed by atoms with E-state index in [2.05, 4.69) is 5.32 Å². The molecule has 0 unspecified atom stereocenters. The monoisotopic (exact) mass is 332 g/mol. The summed E-state index contributed by atoms with van der Waals surface area (Å²) in [6.45, 7) is 0.495. The number of hydrogen-bond donors (Lipinski definition) is 1. The van der Waals surface area contributed by atoms with E-state index >= 15 is 0 Å². The van der Waals surface area contributed by atoms with Crippen molar-refractivity contribution in [3.8, 4) is 0 Å². The molecule has 0 aromatic heterocycles. The Labute approximate surface area is 137 Å². The van der Waals surface area contributed by atoms with Crippen LogP contribution in [-0.2, 0) is 27.8 Å². The lowest BCUT2D eigenvalue weighted by Crippen LogP contribution is -2.25. The zero-order valence-corrected chi connectivity index (χ0v) is 14.0. The van der Waals surface area contributed by atoms with Gasteiger partial charge in [-0.05, 0) is 23.3 Å². The molecular formula is C17H20N2O3S. The molecule has 0 fully saturated rings. The molecule has 2 aromatic rings. The number of benzene rings is 2. The Balaban J connectivity index is 1.92. The highest BCUT2D eigenvalue weighted by Gasteiger charge is 2.11. The first-order valence-electron chi connectivity index (χ1n) is 7.20. The zero-order valence-electron chi connectivity index (χ0n) is 13.2. The Morgan fingerprint density at radius 3 is 2.17 bits per heavy atom. The van der Waals surface area contributed by atoms with Gasteiger partial charge in [0.05, 0.1) is 18.4 Å². The van der Waals surface area contributed by atoms with Gasteiger partial charge in [0.2, 0.25) is 15.9 Å². The average Bonchev–Trinajstić information content (AvgIpc) is 2.53. The van der Waals surface area contributed by atoms with Crippen molar-refractivity contribution in [1.29, 1.82) is 0 Å². The fourth-order valence-corrected chi connectivity index (χ4v) is 2.56. The maximum atomic E-state index is 11.9. The van der Waals surface area contributed by atoms with Crippen LogP contribution in [0.4, 0.5) is 5.69 Å². The molecule has 2 aromatic carbocycles. The minimum Gasteiger partial charge on any atom is -0.352 e. The van der Waals surface area contributed by atoms with Gasteiger partial charge < -0.3 is 5.32 Å². The molecule has 0 radical (unpaired) electrons. The predicted octanol–water partition coefficient (Wildman–Crippen LogP) is 1.94. The summed E-state index contributed by atoms with van der Waals surface area (Å²) in [5.41, 5.74) is 2.45. The van der Waals surface area contributed by atoms with E-state index in [1.165, 1.54) is 11.4 Å². The third kappa shape index (κ3) is 5.10. The van der Waals surface area contributed by atoms with E-state index < -0.39 is 10.0 Å². The summed E-state index contributed by atoms with van der Waals surface area (Å²) >= 11 is 0. The van der Waals surface area contributed by atoms with Crippen LogP contribution in [0.3, 0.4) is 0 Å². The van der Waals surface area contributed by atoms with Crippen molar-refractivity contribution in [3.63, 3.8) is 0 Å². The van der Waals surface area contributed by atoms with Gasteiger partial charge in [-0.15, -0.1) is 0 Å². The predicted molar refractivity (Wildman–Crippen MR) is 91.7 cm³/mol. The molecule has 0 spiro atoms. The van der Waals surface area contributed by atoms with Crippen LogP contribution in [-0.4, -0.2) is 27.6 Å². The lowest BCUT2D eigenvalue weighted by molar-refractivity contribution is -0.120. The quantitative estimate of drug-likeness (QED) is 0.879. The topological polar surface area (TPSA) is 66.5 Å². The molecular weight excluding hydrogens is 312 g/mol. The minimum absolute atomic E-state index is 0.0712. The first-order valence-corrected chi connectivity index (χ1v) is 9.04. The van der Waals surface area contributed by atoms with Gasteiger partial charge in [0.1, 0.15) is 0 Å². The number of amides is 1. The first-order chi connectivity index (χ1) is 10.9. The molecule has 0 aliphatic carbocycles. The van der Waals surface area contributed by atoms with Crippen LogP contribution in [0, 0.1) is 0 Å². The van der Waals surface area contributed by atoms with E-state index in [4.69, 9.17) is 0 Å². The average molecular weight is 332 g/mol. The molecule has 0 saturated carbocycles. The second-order valence-corrected chi connectivity index (χ2v) is 7.35. The summed E-state index contributed by atoms with van der Waals surface area (Å²) in [5, 5.41) is 2.86. The highest BCUT2D eigenvalue weighted by molar-refractivity contribution is 7.92. The van der Waals surface area contributed by atoms with Crippen LogP contribution >= 0.6 is 0 Å². The van der Waals surface area contributed by atoms with E-state index in [1.54, 1.807) is 24.3 Å². The molecule has 0 aliphatic heterocycles. The molecule has 122 valence electrons. The van der Waals surface area contributed by atoms with Crippen molar-refractivity contribution in [2.45, 2.75) is 13.0 Å². The Hall–Kier alpha value is -2.34. The molecule has 0 aliphatic rings. The number of carbonyl (C=O) groups is 1. The van der Waals surface area contributed by atoms with Crippen molar-refractivity contribution in [1.82, 2.24) is 5.32 Å². The minimum atomic E-state index is -3.28. The van der Waals surface area contributed by atoms with Gasteiger partial charge >= 0.3 is 0 Å². The van der Waals surface area contributed by atoms with E-state index in [1.807, 2.05) is 30.3 Å². The Morgan fingerprint density at radius 1 is 1.00 bits per heavy atom. The van der Waals surface area contributed by atoms with Gasteiger partial charge in [-0.25, -0.2) is 8.42 Å². The van der Waals surface area contributed by atoms with Crippen LogP contribution in [0.15, 0.2) is 54.6 Å². The molecule has 0 bridgehead atoms. The number of hydrogen-bond acceptors (Lipinski definition) is 3. The molecule has 2 rings (SSSR count). The third-order valence-electron chi connectivity index (χ3n) is 3.49. The zero-order chi connectivity index (χ0) is 16.9. The summed E-state index contributed by atoms with van der Waals surface area (Å²) in [7, 11) is -1.78. The first kappa shape index (κ1) is 17.0. The van der Waals surface area contributed by atoms with Crippen molar-refractivity contribution < 1.29 is 13.2 Å². The van der Waals surface area contributed by atoms with Crippen LogP contribution in [0.5, 0.6) is 0 Å². The standard InChI is InChI=1S/C17H20N2O3S/c1-19(23(2,21)22)16-10-8-14(9-11-16)12-17(20)18-13-15-6-4-3-5-7-15/h3-11H,12-13H2,1-2H3,(H,18,20). The normalized spacial score (nSPS) is 11.0. The second-order valence-electron chi connectivity index (χ2n) is 5.34. The maximum Gasteiger partial charge on any atom is 0.231 e. The van der Waals surface area contributed by atoms with Crippen LogP contribution in [0.25, 0.3) is 0 Å². The van der Waals surface area contributed by atoms with Crippen LogP contribution in [0.2, 0.25) is 0 Å². The number of sulfonamides is 1. The van der Waals surface area contributed by atoms with Gasteiger partial charge in [-0.1, -0.05) is 42.5 Å². The van der Waals surface area contributed by atoms with Crippen LogP contribution in [0.1, 0.15) is 11.1 Å². The molecule has 1 amide bonds. The highest BCUT2D eigenvalue weighted by atomic mass is 32.2. The highest BCUT2D eigenvalue weighted by Crippen LogP contribution is 2.16. The van der Waals surface area contributed by atoms with Gasteiger partial charge in [-0.3, -0.25) is 9.10 Å². The van der Waals surface area contributed by atoms with E-state index in [-0.39, 0.29) is 12.3 Å². The van der Waals surface area contributed by atoms with Crippen molar-refractivity contribution in [2.24, 2.45) is 0 Å². The Bertz CT molecular complexity index is 756. The summed E-state index contributed by atoms with van der Waals surface area (Å²) in [4.78, 5) is 11.9. The third-order valence-corrected chi connectivity index (χ3v) is 4.70. The Morgan fingerprint density at radius 2 is 1.61 bits per heavy atom.